The lowest BCUT2D eigenvalue weighted by Gasteiger charge is -2.38. The average Bonchev–Trinajstić information content (AvgIpc) is 2.83. The monoisotopic (exact) mass is 540 g/mol. The van der Waals surface area contributed by atoms with Crippen molar-refractivity contribution in [3.63, 3.8) is 0 Å². The molecule has 1 saturated heterocycles. The molecule has 2 N–H and O–H groups in total. The fourth-order valence-corrected chi connectivity index (χ4v) is 4.72. The largest absolute Gasteiger partial charge is 0.433 e. The average molecular weight is 541 g/mol. The summed E-state index contributed by atoms with van der Waals surface area (Å²) < 4.78 is 45.9. The van der Waals surface area contributed by atoms with Gasteiger partial charge in [-0.2, -0.15) is 13.2 Å². The van der Waals surface area contributed by atoms with Crippen LogP contribution in [-0.2, 0) is 16.3 Å². The summed E-state index contributed by atoms with van der Waals surface area (Å²) in [5.74, 6) is -0.278. The van der Waals surface area contributed by atoms with Crippen LogP contribution in [0.25, 0.3) is 0 Å². The van der Waals surface area contributed by atoms with Gasteiger partial charge in [0.1, 0.15) is 5.03 Å². The van der Waals surface area contributed by atoms with Crippen molar-refractivity contribution in [1.29, 1.82) is 0 Å². The first-order valence-corrected chi connectivity index (χ1v) is 12.1. The van der Waals surface area contributed by atoms with Gasteiger partial charge in [-0.25, -0.2) is 19.9 Å². The van der Waals surface area contributed by atoms with Crippen LogP contribution >= 0.6 is 35.6 Å². The van der Waals surface area contributed by atoms with E-state index in [4.69, 9.17) is 28.6 Å². The van der Waals surface area contributed by atoms with Gasteiger partial charge >= 0.3 is 6.18 Å². The molecule has 1 aromatic carbocycles. The normalized spacial score (nSPS) is 15.4. The predicted molar refractivity (Wildman–Crippen MR) is 131 cm³/mol. The molecule has 0 unspecified atom stereocenters. The van der Waals surface area contributed by atoms with Crippen molar-refractivity contribution >= 4 is 46.6 Å². The fourth-order valence-electron chi connectivity index (χ4n) is 3.65. The molecule has 3 heterocycles. The molecule has 184 valence electrons. The second kappa shape index (κ2) is 11.0. The van der Waals surface area contributed by atoms with Gasteiger partial charge in [-0.3, -0.25) is 0 Å². The molecule has 0 amide bonds. The maximum Gasteiger partial charge on any atom is 0.433 e. The molecule has 3 aromatic rings. The Kier molecular flexibility index (Phi) is 8.05. The molecule has 35 heavy (non-hydrogen) atoms. The fraction of sp³-hybridized carbons (Fsp3) is 0.318. The van der Waals surface area contributed by atoms with E-state index in [-0.39, 0.29) is 26.7 Å². The molecule has 0 aliphatic carbocycles. The van der Waals surface area contributed by atoms with E-state index < -0.39 is 11.9 Å². The Hall–Kier alpha value is -2.54. The number of aromatic nitrogens is 4. The molecule has 0 saturated carbocycles. The highest BCUT2D eigenvalue weighted by atomic mass is 35.5. The van der Waals surface area contributed by atoms with Crippen molar-refractivity contribution in [3.05, 3.63) is 65.1 Å². The van der Waals surface area contributed by atoms with Crippen LogP contribution in [0.3, 0.4) is 0 Å². The number of hydrogen-bond donors (Lipinski definition) is 2. The second-order valence-electron chi connectivity index (χ2n) is 7.76. The van der Waals surface area contributed by atoms with Crippen LogP contribution in [0.1, 0.15) is 24.1 Å². The number of thiocarbonyl (C=S) groups is 1. The predicted octanol–water partition coefficient (Wildman–Crippen LogP) is 5.12. The van der Waals surface area contributed by atoms with Crippen molar-refractivity contribution in [3.8, 4) is 0 Å². The summed E-state index contributed by atoms with van der Waals surface area (Å²) in [5.41, 5.74) is -0.355. The molecule has 1 aliphatic rings. The second-order valence-corrected chi connectivity index (χ2v) is 9.59. The lowest BCUT2D eigenvalue weighted by molar-refractivity contribution is -0.141. The van der Waals surface area contributed by atoms with Gasteiger partial charge in [-0.15, -0.1) is 0 Å². The number of nitrogens with zero attached hydrogens (tertiary/aromatic N) is 4. The van der Waals surface area contributed by atoms with E-state index >= 15 is 0 Å². The van der Waals surface area contributed by atoms with Crippen LogP contribution in [0.2, 0.25) is 5.02 Å². The third kappa shape index (κ3) is 6.78. The number of nitrogens with one attached hydrogen (secondary N) is 2. The zero-order valence-electron chi connectivity index (χ0n) is 18.2. The van der Waals surface area contributed by atoms with E-state index in [1.807, 2.05) is 18.2 Å². The van der Waals surface area contributed by atoms with E-state index in [1.165, 1.54) is 12.4 Å². The van der Waals surface area contributed by atoms with Gasteiger partial charge in [0.15, 0.2) is 16.0 Å². The minimum Gasteiger partial charge on any atom is -0.381 e. The highest BCUT2D eigenvalue weighted by molar-refractivity contribution is 7.99. The van der Waals surface area contributed by atoms with E-state index in [0.717, 1.165) is 36.2 Å². The number of alkyl halides is 3. The molecular weight excluding hydrogens is 521 g/mol. The standard InChI is InChI=1S/C22H20ClF3N6OS2/c23-15-4-1-3-14(11-15)21(5-9-33-10-6-21)13-29-19(34)32-18-30-16(22(24,25)26)12-17(31-18)35-20-27-7-2-8-28-20/h1-4,7-8,11-12H,5-6,9-10,13H2,(H2,29,30,31,32,34). The quantitative estimate of drug-likeness (QED) is 0.251. The summed E-state index contributed by atoms with van der Waals surface area (Å²) in [5, 5.41) is 6.82. The molecule has 7 nitrogen and oxygen atoms in total. The smallest absolute Gasteiger partial charge is 0.381 e. The van der Waals surface area contributed by atoms with Crippen LogP contribution in [0.15, 0.2) is 59.0 Å². The van der Waals surface area contributed by atoms with Crippen molar-refractivity contribution in [2.45, 2.75) is 34.6 Å². The number of halogens is 4. The van der Waals surface area contributed by atoms with Gasteiger partial charge in [0.25, 0.3) is 0 Å². The third-order valence-corrected chi connectivity index (χ3v) is 6.72. The number of hydrogen-bond acceptors (Lipinski definition) is 7. The Morgan fingerprint density at radius 1 is 1.11 bits per heavy atom. The third-order valence-electron chi connectivity index (χ3n) is 5.43. The maximum absolute atomic E-state index is 13.5. The van der Waals surface area contributed by atoms with Crippen molar-refractivity contribution in [2.24, 2.45) is 0 Å². The van der Waals surface area contributed by atoms with Gasteiger partial charge < -0.3 is 15.4 Å². The molecule has 0 radical (unpaired) electrons. The number of rotatable bonds is 6. The van der Waals surface area contributed by atoms with Crippen molar-refractivity contribution < 1.29 is 17.9 Å². The summed E-state index contributed by atoms with van der Waals surface area (Å²) in [4.78, 5) is 15.8. The molecule has 13 heteroatoms. The Bertz CT molecular complexity index is 1180. The minimum atomic E-state index is -4.67. The molecule has 0 atom stereocenters. The van der Waals surface area contributed by atoms with E-state index in [2.05, 4.69) is 30.6 Å². The summed E-state index contributed by atoms with van der Waals surface area (Å²) in [6.45, 7) is 1.58. The van der Waals surface area contributed by atoms with Crippen LogP contribution < -0.4 is 10.6 Å². The van der Waals surface area contributed by atoms with Gasteiger partial charge in [-0.1, -0.05) is 23.7 Å². The first-order valence-electron chi connectivity index (χ1n) is 10.5. The number of ether oxygens (including phenoxy) is 1. The molecule has 2 aromatic heterocycles. The summed E-state index contributed by atoms with van der Waals surface area (Å²) in [6.07, 6.45) is -0.210. The Labute approximate surface area is 214 Å². The molecule has 0 bridgehead atoms. The number of anilines is 1. The topological polar surface area (TPSA) is 84.9 Å². The first-order chi connectivity index (χ1) is 16.7. The molecular formula is C22H20ClF3N6OS2. The molecule has 1 aliphatic heterocycles. The Balaban J connectivity index is 1.51. The van der Waals surface area contributed by atoms with Crippen LogP contribution in [0, 0.1) is 0 Å². The summed E-state index contributed by atoms with van der Waals surface area (Å²) >= 11 is 12.5. The van der Waals surface area contributed by atoms with E-state index in [1.54, 1.807) is 12.1 Å². The highest BCUT2D eigenvalue weighted by Crippen LogP contribution is 2.36. The lowest BCUT2D eigenvalue weighted by atomic mass is 9.74. The molecule has 4 rings (SSSR count). The van der Waals surface area contributed by atoms with E-state index in [0.29, 0.717) is 24.8 Å². The number of benzene rings is 1. The first kappa shape index (κ1) is 25.5. The maximum atomic E-state index is 13.5. The van der Waals surface area contributed by atoms with Crippen molar-refractivity contribution in [2.75, 3.05) is 25.1 Å². The summed E-state index contributed by atoms with van der Waals surface area (Å²) in [6, 6.07) is 10.1. The summed E-state index contributed by atoms with van der Waals surface area (Å²) in [7, 11) is 0. The molecule has 1 fully saturated rings. The minimum absolute atomic E-state index is 0.0312. The molecule has 0 spiro atoms. The van der Waals surface area contributed by atoms with Gasteiger partial charge in [0, 0.05) is 48.7 Å². The zero-order chi connectivity index (χ0) is 24.9. The van der Waals surface area contributed by atoms with Gasteiger partial charge in [-0.05, 0) is 60.6 Å². The van der Waals surface area contributed by atoms with Gasteiger partial charge in [0.05, 0.1) is 0 Å². The Morgan fingerprint density at radius 2 is 1.86 bits per heavy atom. The van der Waals surface area contributed by atoms with Crippen molar-refractivity contribution in [1.82, 2.24) is 25.3 Å². The lowest BCUT2D eigenvalue weighted by Crippen LogP contribution is -2.45. The highest BCUT2D eigenvalue weighted by Gasteiger charge is 2.36. The Morgan fingerprint density at radius 3 is 2.54 bits per heavy atom. The zero-order valence-corrected chi connectivity index (χ0v) is 20.6. The SMILES string of the molecule is FC(F)(F)c1cc(Sc2ncccn2)nc(NC(=S)NCC2(c3cccc(Cl)c3)CCOCC2)n1. The van der Waals surface area contributed by atoms with E-state index in [9.17, 15) is 13.2 Å². The van der Waals surface area contributed by atoms with Crippen LogP contribution in [0.4, 0.5) is 19.1 Å². The van der Waals surface area contributed by atoms with Crippen LogP contribution in [0.5, 0.6) is 0 Å². The van der Waals surface area contributed by atoms with Crippen LogP contribution in [-0.4, -0.2) is 44.8 Å². The van der Waals surface area contributed by atoms with Gasteiger partial charge in [0.2, 0.25) is 5.95 Å².